The van der Waals surface area contributed by atoms with Gasteiger partial charge in [0.1, 0.15) is 11.5 Å². The summed E-state index contributed by atoms with van der Waals surface area (Å²) in [5.74, 6) is -0.987. The third kappa shape index (κ3) is 6.64. The van der Waals surface area contributed by atoms with E-state index in [1.807, 2.05) is 27.7 Å². The third-order valence-electron chi connectivity index (χ3n) is 3.20. The van der Waals surface area contributed by atoms with Crippen molar-refractivity contribution >= 4 is 12.0 Å². The van der Waals surface area contributed by atoms with Crippen molar-refractivity contribution in [2.45, 2.75) is 53.0 Å². The van der Waals surface area contributed by atoms with Gasteiger partial charge in [-0.25, -0.2) is 0 Å². The first-order valence-electron chi connectivity index (χ1n) is 7.65. The summed E-state index contributed by atoms with van der Waals surface area (Å²) in [5, 5.41) is 0. The molecule has 0 radical (unpaired) electrons. The number of benzene rings is 1. The fourth-order valence-electron chi connectivity index (χ4n) is 2.38. The number of hydrogen-bond donors (Lipinski definition) is 0. The van der Waals surface area contributed by atoms with Crippen molar-refractivity contribution in [3.05, 3.63) is 29.8 Å². The molecule has 1 amide bonds. The van der Waals surface area contributed by atoms with Crippen molar-refractivity contribution < 1.29 is 31.8 Å². The molecular weight excluding hydrogens is 342 g/mol. The van der Waals surface area contributed by atoms with Gasteiger partial charge >= 0.3 is 13.2 Å². The molecule has 0 fully saturated rings. The molecule has 4 nitrogen and oxygen atoms in total. The molecule has 0 spiro atoms. The van der Waals surface area contributed by atoms with E-state index in [0.29, 0.717) is 0 Å². The predicted molar refractivity (Wildman–Crippen MR) is 85.9 cm³/mol. The molecule has 1 rings (SSSR count). The number of nitrogens with zero attached hydrogens (tertiary/aromatic N) is 1. The average Bonchev–Trinajstić information content (AvgIpc) is 2.44. The van der Waals surface area contributed by atoms with Gasteiger partial charge < -0.3 is 14.4 Å². The Hall–Kier alpha value is -2.25. The molecule has 0 saturated carbocycles. The summed E-state index contributed by atoms with van der Waals surface area (Å²) >= 11 is 0. The fraction of sp³-hybridized carbons (Fsp3) is 0.471. The van der Waals surface area contributed by atoms with Crippen LogP contribution in [0.2, 0.25) is 0 Å². The average molecular weight is 363 g/mol. The Labute approximate surface area is 144 Å². The summed E-state index contributed by atoms with van der Waals surface area (Å²) in [6.45, 7) is 1.18. The van der Waals surface area contributed by atoms with Crippen LogP contribution in [-0.4, -0.2) is 36.1 Å². The van der Waals surface area contributed by atoms with E-state index in [9.17, 15) is 22.4 Å². The Balaban J connectivity index is 3.08. The normalized spacial score (nSPS) is 11.8. The maximum Gasteiger partial charge on any atom is 0.387 e. The van der Waals surface area contributed by atoms with Gasteiger partial charge in [-0.1, -0.05) is 0 Å². The highest BCUT2D eigenvalue weighted by Gasteiger charge is 2.18. The Kier molecular flexibility index (Phi) is 7.73. The van der Waals surface area contributed by atoms with E-state index in [4.69, 9.17) is 0 Å². The van der Waals surface area contributed by atoms with Gasteiger partial charge in [0.15, 0.2) is 0 Å². The molecule has 0 aliphatic rings. The molecule has 0 aromatic heterocycles. The molecule has 25 heavy (non-hydrogen) atoms. The zero-order chi connectivity index (χ0) is 19.1. The van der Waals surface area contributed by atoms with Crippen LogP contribution in [0.15, 0.2) is 24.3 Å². The van der Waals surface area contributed by atoms with Crippen molar-refractivity contribution in [1.82, 2.24) is 4.90 Å². The minimum atomic E-state index is -3.15. The summed E-state index contributed by atoms with van der Waals surface area (Å²) < 4.78 is 58.0. The SMILES string of the molecule is CC(C)N(C(=O)C=Cc1ccc(OC(F)F)cc1OC(F)F)C(C)C. The van der Waals surface area contributed by atoms with Gasteiger partial charge in [-0.2, -0.15) is 17.6 Å². The molecule has 0 atom stereocenters. The lowest BCUT2D eigenvalue weighted by molar-refractivity contribution is -0.129. The first kappa shape index (κ1) is 20.8. The second kappa shape index (κ2) is 9.29. The fourth-order valence-corrected chi connectivity index (χ4v) is 2.38. The topological polar surface area (TPSA) is 38.8 Å². The van der Waals surface area contributed by atoms with Crippen LogP contribution in [0.4, 0.5) is 17.6 Å². The predicted octanol–water partition coefficient (Wildman–Crippen LogP) is 4.55. The monoisotopic (exact) mass is 363 g/mol. The van der Waals surface area contributed by atoms with Crippen LogP contribution in [0, 0.1) is 0 Å². The lowest BCUT2D eigenvalue weighted by Gasteiger charge is -2.29. The van der Waals surface area contributed by atoms with Crippen LogP contribution in [0.3, 0.4) is 0 Å². The van der Waals surface area contributed by atoms with Gasteiger partial charge in [-0.05, 0) is 45.9 Å². The Morgan fingerprint density at radius 2 is 1.56 bits per heavy atom. The van der Waals surface area contributed by atoms with E-state index in [1.165, 1.54) is 24.3 Å². The molecule has 0 unspecified atom stereocenters. The number of carbonyl (C=O) groups is 1. The number of amides is 1. The minimum absolute atomic E-state index is 0.0456. The number of halogens is 4. The molecule has 140 valence electrons. The van der Waals surface area contributed by atoms with Crippen LogP contribution < -0.4 is 9.47 Å². The molecule has 0 bridgehead atoms. The number of hydrogen-bond acceptors (Lipinski definition) is 3. The zero-order valence-electron chi connectivity index (χ0n) is 14.4. The smallest absolute Gasteiger partial charge is 0.387 e. The maximum absolute atomic E-state index is 12.5. The number of carbonyl (C=O) groups excluding carboxylic acids is 1. The van der Waals surface area contributed by atoms with Gasteiger partial charge in [0.25, 0.3) is 0 Å². The molecule has 0 heterocycles. The Morgan fingerprint density at radius 1 is 1.00 bits per heavy atom. The highest BCUT2D eigenvalue weighted by atomic mass is 19.3. The molecule has 1 aromatic rings. The quantitative estimate of drug-likeness (QED) is 0.502. The van der Waals surface area contributed by atoms with Crippen LogP contribution in [-0.2, 0) is 4.79 Å². The van der Waals surface area contributed by atoms with Gasteiger partial charge in [-0.15, -0.1) is 0 Å². The van der Waals surface area contributed by atoms with Crippen molar-refractivity contribution in [3.63, 3.8) is 0 Å². The molecule has 0 N–H and O–H groups in total. The summed E-state index contributed by atoms with van der Waals surface area (Å²) in [7, 11) is 0. The zero-order valence-corrected chi connectivity index (χ0v) is 14.4. The Bertz CT molecular complexity index is 596. The first-order chi connectivity index (χ1) is 11.6. The van der Waals surface area contributed by atoms with Gasteiger partial charge in [0.05, 0.1) is 0 Å². The van der Waals surface area contributed by atoms with E-state index in [0.717, 1.165) is 6.07 Å². The molecule has 0 saturated heterocycles. The minimum Gasteiger partial charge on any atom is -0.435 e. The van der Waals surface area contributed by atoms with E-state index in [1.54, 1.807) is 4.90 Å². The van der Waals surface area contributed by atoms with Gasteiger partial charge in [0, 0.05) is 29.8 Å². The first-order valence-corrected chi connectivity index (χ1v) is 7.65. The Morgan fingerprint density at radius 3 is 2.04 bits per heavy atom. The summed E-state index contributed by atoms with van der Waals surface area (Å²) in [6.07, 6.45) is 2.52. The van der Waals surface area contributed by atoms with Gasteiger partial charge in [-0.3, -0.25) is 4.79 Å². The number of rotatable bonds is 8. The van der Waals surface area contributed by atoms with Crippen molar-refractivity contribution in [1.29, 1.82) is 0 Å². The number of ether oxygens (including phenoxy) is 2. The van der Waals surface area contributed by atoms with Crippen LogP contribution in [0.25, 0.3) is 6.08 Å². The summed E-state index contributed by atoms with van der Waals surface area (Å²) in [5.41, 5.74) is 0.141. The van der Waals surface area contributed by atoms with Gasteiger partial charge in [0.2, 0.25) is 5.91 Å². The van der Waals surface area contributed by atoms with Crippen LogP contribution >= 0.6 is 0 Å². The van der Waals surface area contributed by atoms with E-state index in [-0.39, 0.29) is 35.1 Å². The molecule has 0 aliphatic carbocycles. The van der Waals surface area contributed by atoms with E-state index < -0.39 is 13.2 Å². The van der Waals surface area contributed by atoms with E-state index in [2.05, 4.69) is 9.47 Å². The van der Waals surface area contributed by atoms with Crippen molar-refractivity contribution in [3.8, 4) is 11.5 Å². The molecule has 1 aromatic carbocycles. The van der Waals surface area contributed by atoms with Crippen molar-refractivity contribution in [2.75, 3.05) is 0 Å². The summed E-state index contributed by atoms with van der Waals surface area (Å²) in [4.78, 5) is 13.9. The highest BCUT2D eigenvalue weighted by Crippen LogP contribution is 2.28. The van der Waals surface area contributed by atoms with Crippen LogP contribution in [0.1, 0.15) is 33.3 Å². The van der Waals surface area contributed by atoms with E-state index >= 15 is 0 Å². The van der Waals surface area contributed by atoms with Crippen LogP contribution in [0.5, 0.6) is 11.5 Å². The maximum atomic E-state index is 12.5. The lowest BCUT2D eigenvalue weighted by Crippen LogP contribution is -2.41. The second-order valence-corrected chi connectivity index (χ2v) is 5.72. The highest BCUT2D eigenvalue weighted by molar-refractivity contribution is 5.92. The summed E-state index contributed by atoms with van der Waals surface area (Å²) in [6, 6.07) is 3.27. The standard InChI is InChI=1S/C17H21F4NO3/c1-10(2)22(11(3)4)15(23)8-6-12-5-7-13(24-16(18)19)9-14(12)25-17(20)21/h5-11,16-17H,1-4H3. The lowest BCUT2D eigenvalue weighted by atomic mass is 10.1. The van der Waals surface area contributed by atoms with Crippen molar-refractivity contribution in [2.24, 2.45) is 0 Å². The molecule has 8 heteroatoms. The second-order valence-electron chi connectivity index (χ2n) is 5.72. The number of alkyl halides is 4. The largest absolute Gasteiger partial charge is 0.435 e. The molecule has 0 aliphatic heterocycles. The third-order valence-corrected chi connectivity index (χ3v) is 3.20. The molecular formula is C17H21F4NO3.